The first-order valence-electron chi connectivity index (χ1n) is 8.56. The minimum absolute atomic E-state index is 0.0340. The Bertz CT molecular complexity index is 671. The number of piperidine rings is 1. The van der Waals surface area contributed by atoms with Gasteiger partial charge in [0.05, 0.1) is 5.92 Å². The van der Waals surface area contributed by atoms with Crippen LogP contribution in [0.2, 0.25) is 0 Å². The van der Waals surface area contributed by atoms with Gasteiger partial charge in [0.2, 0.25) is 5.91 Å². The Balaban J connectivity index is 1.85. The van der Waals surface area contributed by atoms with Gasteiger partial charge in [0.1, 0.15) is 0 Å². The fourth-order valence-corrected chi connectivity index (χ4v) is 4.72. The van der Waals surface area contributed by atoms with Crippen LogP contribution in [0.4, 0.5) is 0 Å². The van der Waals surface area contributed by atoms with Crippen LogP contribution in [0, 0.1) is 12.8 Å². The summed E-state index contributed by atoms with van der Waals surface area (Å²) in [6.45, 7) is 7.34. The maximum atomic E-state index is 12.9. The van der Waals surface area contributed by atoms with Gasteiger partial charge in [-0.15, -0.1) is 0 Å². The van der Waals surface area contributed by atoms with Gasteiger partial charge in [-0.3, -0.25) is 14.2 Å². The molecule has 0 aromatic carbocycles. The summed E-state index contributed by atoms with van der Waals surface area (Å²) < 4.78 is 1.72. The third-order valence-electron chi connectivity index (χ3n) is 5.04. The molecule has 23 heavy (non-hydrogen) atoms. The lowest BCUT2D eigenvalue weighted by molar-refractivity contribution is -0.138. The number of likely N-dealkylation sites (tertiary alicyclic amines) is 1. The van der Waals surface area contributed by atoms with Crippen LogP contribution in [0.15, 0.2) is 9.95 Å². The van der Waals surface area contributed by atoms with E-state index in [-0.39, 0.29) is 17.4 Å². The molecule has 0 radical (unpaired) electrons. The average molecular weight is 335 g/mol. The van der Waals surface area contributed by atoms with Crippen LogP contribution in [0.25, 0.3) is 0 Å². The summed E-state index contributed by atoms with van der Waals surface area (Å²) in [5, 5.41) is 0.764. The van der Waals surface area contributed by atoms with Crippen molar-refractivity contribution in [2.45, 2.75) is 64.2 Å². The minimum atomic E-state index is -0.111. The fraction of sp³-hybridized carbons (Fsp3) is 0.706. The molecule has 0 saturated carbocycles. The van der Waals surface area contributed by atoms with E-state index >= 15 is 0 Å². The topological polar surface area (TPSA) is 55.2 Å². The van der Waals surface area contributed by atoms with Gasteiger partial charge in [0.15, 0.2) is 5.16 Å². The molecule has 3 heterocycles. The lowest BCUT2D eigenvalue weighted by Gasteiger charge is -2.37. The van der Waals surface area contributed by atoms with E-state index in [0.29, 0.717) is 19.0 Å². The zero-order chi connectivity index (χ0) is 16.6. The maximum absolute atomic E-state index is 12.9. The van der Waals surface area contributed by atoms with Crippen molar-refractivity contribution in [3.8, 4) is 0 Å². The lowest BCUT2D eigenvalue weighted by atomic mass is 10.0. The molecule has 0 bridgehead atoms. The van der Waals surface area contributed by atoms with Crippen molar-refractivity contribution in [3.05, 3.63) is 21.6 Å². The number of carbonyl (C=O) groups excluding carboxylic acids is 1. The predicted octanol–water partition coefficient (Wildman–Crippen LogP) is 2.24. The number of amides is 1. The molecule has 0 aliphatic carbocycles. The minimum Gasteiger partial charge on any atom is -0.340 e. The van der Waals surface area contributed by atoms with Crippen molar-refractivity contribution in [2.24, 2.45) is 5.92 Å². The number of hydrogen-bond donors (Lipinski definition) is 0. The number of aryl methyl sites for hydroxylation is 1. The van der Waals surface area contributed by atoms with Crippen LogP contribution < -0.4 is 5.56 Å². The van der Waals surface area contributed by atoms with E-state index in [1.807, 2.05) is 18.7 Å². The predicted molar refractivity (Wildman–Crippen MR) is 91.9 cm³/mol. The fourth-order valence-electron chi connectivity index (χ4n) is 3.61. The number of fused-ring (bicyclic) bond motifs is 1. The molecule has 2 aliphatic rings. The summed E-state index contributed by atoms with van der Waals surface area (Å²) in [7, 11) is 0. The number of rotatable bonds is 2. The number of carbonyl (C=O) groups is 1. The van der Waals surface area contributed by atoms with E-state index in [1.165, 1.54) is 6.42 Å². The van der Waals surface area contributed by atoms with E-state index in [2.05, 4.69) is 11.9 Å². The Morgan fingerprint density at radius 1 is 1.39 bits per heavy atom. The smallest absolute Gasteiger partial charge is 0.257 e. The molecule has 1 aromatic rings. The standard InChI is InChI=1S/C17H25N3O2S/c1-4-14-12(3)18-17-20(16(14)22)9-13(10-23-17)15(21)19-8-6-5-7-11(19)2/h11,13H,4-10H2,1-3H3. The van der Waals surface area contributed by atoms with Gasteiger partial charge in [-0.25, -0.2) is 4.98 Å². The monoisotopic (exact) mass is 335 g/mol. The Kier molecular flexibility index (Phi) is 4.80. The maximum Gasteiger partial charge on any atom is 0.257 e. The SMILES string of the molecule is CCc1c(C)nc2n(c1=O)CC(C(=O)N1CCCCC1C)CS2. The van der Waals surface area contributed by atoms with Crippen molar-refractivity contribution in [2.75, 3.05) is 12.3 Å². The van der Waals surface area contributed by atoms with E-state index < -0.39 is 0 Å². The lowest BCUT2D eigenvalue weighted by Crippen LogP contribution is -2.48. The van der Waals surface area contributed by atoms with Crippen LogP contribution in [0.5, 0.6) is 0 Å². The molecule has 3 rings (SSSR count). The third kappa shape index (κ3) is 3.05. The highest BCUT2D eigenvalue weighted by atomic mass is 32.2. The molecule has 6 heteroatoms. The Morgan fingerprint density at radius 3 is 2.87 bits per heavy atom. The van der Waals surface area contributed by atoms with Gasteiger partial charge in [-0.2, -0.15) is 0 Å². The van der Waals surface area contributed by atoms with E-state index in [4.69, 9.17) is 0 Å². The third-order valence-corrected chi connectivity index (χ3v) is 6.18. The molecular formula is C17H25N3O2S. The molecule has 2 aliphatic heterocycles. The second kappa shape index (κ2) is 6.67. The molecule has 5 nitrogen and oxygen atoms in total. The van der Waals surface area contributed by atoms with Gasteiger partial charge in [-0.1, -0.05) is 18.7 Å². The molecule has 126 valence electrons. The van der Waals surface area contributed by atoms with Crippen LogP contribution in [0.3, 0.4) is 0 Å². The van der Waals surface area contributed by atoms with Crippen LogP contribution in [-0.4, -0.2) is 38.7 Å². The van der Waals surface area contributed by atoms with Gasteiger partial charge in [0, 0.05) is 36.1 Å². The average Bonchev–Trinajstić information content (AvgIpc) is 2.55. The summed E-state index contributed by atoms with van der Waals surface area (Å²) in [6.07, 6.45) is 4.07. The quantitative estimate of drug-likeness (QED) is 0.778. The highest BCUT2D eigenvalue weighted by Gasteiger charge is 2.33. The first kappa shape index (κ1) is 16.6. The molecule has 0 N–H and O–H groups in total. The van der Waals surface area contributed by atoms with Gasteiger partial charge >= 0.3 is 0 Å². The molecule has 0 spiro atoms. The number of nitrogens with zero attached hydrogens (tertiary/aromatic N) is 3. The van der Waals surface area contributed by atoms with Crippen molar-refractivity contribution < 1.29 is 4.79 Å². The Hall–Kier alpha value is -1.30. The van der Waals surface area contributed by atoms with Crippen molar-refractivity contribution >= 4 is 17.7 Å². The van der Waals surface area contributed by atoms with Gasteiger partial charge in [-0.05, 0) is 39.5 Å². The molecule has 1 amide bonds. The van der Waals surface area contributed by atoms with Crippen molar-refractivity contribution in [1.82, 2.24) is 14.5 Å². The summed E-state index contributed by atoms with van der Waals surface area (Å²) in [5.74, 6) is 0.820. The van der Waals surface area contributed by atoms with E-state index in [9.17, 15) is 9.59 Å². The molecule has 1 aromatic heterocycles. The molecule has 1 fully saturated rings. The molecule has 2 unspecified atom stereocenters. The first-order chi connectivity index (χ1) is 11.0. The Morgan fingerprint density at radius 2 is 2.17 bits per heavy atom. The van der Waals surface area contributed by atoms with Gasteiger partial charge in [0.25, 0.3) is 5.56 Å². The summed E-state index contributed by atoms with van der Waals surface area (Å²) in [5.41, 5.74) is 1.63. The number of hydrogen-bond acceptors (Lipinski definition) is 4. The van der Waals surface area contributed by atoms with Crippen LogP contribution >= 0.6 is 11.8 Å². The Labute approximate surface area is 141 Å². The van der Waals surface area contributed by atoms with Crippen molar-refractivity contribution in [3.63, 3.8) is 0 Å². The molecule has 1 saturated heterocycles. The second-order valence-electron chi connectivity index (χ2n) is 6.61. The number of aromatic nitrogens is 2. The summed E-state index contributed by atoms with van der Waals surface area (Å²) >= 11 is 1.54. The second-order valence-corrected chi connectivity index (χ2v) is 7.60. The van der Waals surface area contributed by atoms with E-state index in [1.54, 1.807) is 16.3 Å². The van der Waals surface area contributed by atoms with Crippen LogP contribution in [-0.2, 0) is 17.8 Å². The summed E-state index contributed by atoms with van der Waals surface area (Å²) in [4.78, 5) is 32.1. The number of thioether (sulfide) groups is 1. The van der Waals surface area contributed by atoms with E-state index in [0.717, 1.165) is 41.6 Å². The normalized spacial score (nSPS) is 24.4. The largest absolute Gasteiger partial charge is 0.340 e. The summed E-state index contributed by atoms with van der Waals surface area (Å²) in [6, 6.07) is 0.321. The first-order valence-corrected chi connectivity index (χ1v) is 9.55. The zero-order valence-electron chi connectivity index (χ0n) is 14.2. The van der Waals surface area contributed by atoms with Crippen molar-refractivity contribution in [1.29, 1.82) is 0 Å². The highest BCUT2D eigenvalue weighted by molar-refractivity contribution is 7.99. The molecular weight excluding hydrogens is 310 g/mol. The van der Waals surface area contributed by atoms with Gasteiger partial charge < -0.3 is 4.90 Å². The van der Waals surface area contributed by atoms with Crippen LogP contribution in [0.1, 0.15) is 44.4 Å². The zero-order valence-corrected chi connectivity index (χ0v) is 15.0. The molecule has 2 atom stereocenters. The highest BCUT2D eigenvalue weighted by Crippen LogP contribution is 2.28.